The predicted octanol–water partition coefficient (Wildman–Crippen LogP) is 0.411. The Balaban J connectivity index is 0.000000400. The maximum absolute atomic E-state index is 10.4. The average Bonchev–Trinajstić information content (AvgIpc) is 2.45. The van der Waals surface area contributed by atoms with Crippen LogP contribution in [0.4, 0.5) is 0 Å². The van der Waals surface area contributed by atoms with Crippen molar-refractivity contribution in [2.45, 2.75) is 19.3 Å². The minimum absolute atomic E-state index is 0.101. The van der Waals surface area contributed by atoms with Crippen molar-refractivity contribution in [3.8, 4) is 0 Å². The van der Waals surface area contributed by atoms with Gasteiger partial charge in [0.05, 0.1) is 13.0 Å². The number of carbonyl (C=O) groups excluding carboxylic acids is 1. The van der Waals surface area contributed by atoms with Gasteiger partial charge in [0.1, 0.15) is 6.54 Å². The highest BCUT2D eigenvalue weighted by Gasteiger charge is 2.08. The maximum atomic E-state index is 10.4. The third-order valence-corrected chi connectivity index (χ3v) is 2.47. The first-order valence-corrected chi connectivity index (χ1v) is 6.32. The van der Waals surface area contributed by atoms with Crippen LogP contribution in [0.1, 0.15) is 24.8 Å². The first-order chi connectivity index (χ1) is 9.86. The molecule has 1 atom stereocenters. The Morgan fingerprint density at radius 2 is 1.71 bits per heavy atom. The molecule has 0 saturated heterocycles. The highest BCUT2D eigenvalue weighted by molar-refractivity contribution is 5.82. The molecular weight excluding hydrogens is 276 g/mol. The Hall–Kier alpha value is -2.41. The van der Waals surface area contributed by atoms with E-state index in [-0.39, 0.29) is 25.4 Å². The molecule has 1 unspecified atom stereocenters. The number of carboxylic acids is 2. The minimum Gasteiger partial charge on any atom is -0.481 e. The Kier molecular flexibility index (Phi) is 9.19. The summed E-state index contributed by atoms with van der Waals surface area (Å²) in [5.41, 5.74) is 5.94. The van der Waals surface area contributed by atoms with Gasteiger partial charge in [-0.05, 0) is 11.5 Å². The number of rotatable bonds is 6. The second-order valence-corrected chi connectivity index (χ2v) is 4.28. The molecular formula is C14H20N2O5. The molecule has 0 radical (unpaired) electrons. The molecule has 0 heterocycles. The van der Waals surface area contributed by atoms with Crippen LogP contribution in [0.2, 0.25) is 0 Å². The highest BCUT2D eigenvalue weighted by Crippen LogP contribution is 2.17. The lowest BCUT2D eigenvalue weighted by Gasteiger charge is -2.07. The van der Waals surface area contributed by atoms with Crippen molar-refractivity contribution < 1.29 is 24.6 Å². The molecule has 0 fully saturated rings. The van der Waals surface area contributed by atoms with Crippen LogP contribution in [0.5, 0.6) is 0 Å². The summed E-state index contributed by atoms with van der Waals surface area (Å²) in [6.07, 6.45) is 0.198. The molecule has 0 aliphatic rings. The SMILES string of the molecule is CC(CC(=O)O)c1ccccc1.NCC(=O)NCC(=O)O. The van der Waals surface area contributed by atoms with Crippen LogP contribution < -0.4 is 11.1 Å². The van der Waals surface area contributed by atoms with E-state index in [0.717, 1.165) is 5.56 Å². The van der Waals surface area contributed by atoms with E-state index in [1.54, 1.807) is 0 Å². The molecule has 7 nitrogen and oxygen atoms in total. The smallest absolute Gasteiger partial charge is 0.322 e. The lowest BCUT2D eigenvalue weighted by molar-refractivity contribution is -0.138. The summed E-state index contributed by atoms with van der Waals surface area (Å²) in [6, 6.07) is 9.68. The second kappa shape index (κ2) is 10.4. The van der Waals surface area contributed by atoms with Gasteiger partial charge in [-0.3, -0.25) is 14.4 Å². The number of hydrogen-bond donors (Lipinski definition) is 4. The van der Waals surface area contributed by atoms with E-state index >= 15 is 0 Å². The van der Waals surface area contributed by atoms with E-state index in [2.05, 4.69) is 5.32 Å². The maximum Gasteiger partial charge on any atom is 0.322 e. The highest BCUT2D eigenvalue weighted by atomic mass is 16.4. The molecule has 0 spiro atoms. The molecule has 21 heavy (non-hydrogen) atoms. The quantitative estimate of drug-likeness (QED) is 0.601. The van der Waals surface area contributed by atoms with Gasteiger partial charge in [-0.15, -0.1) is 0 Å². The van der Waals surface area contributed by atoms with Gasteiger partial charge in [0.2, 0.25) is 5.91 Å². The van der Waals surface area contributed by atoms with Gasteiger partial charge < -0.3 is 21.3 Å². The van der Waals surface area contributed by atoms with Crippen LogP contribution in [0.25, 0.3) is 0 Å². The molecule has 0 aliphatic heterocycles. The molecule has 1 aromatic rings. The zero-order chi connectivity index (χ0) is 16.3. The first-order valence-electron chi connectivity index (χ1n) is 6.32. The molecule has 1 rings (SSSR count). The lowest BCUT2D eigenvalue weighted by Crippen LogP contribution is -2.34. The Labute approximate surface area is 122 Å². The van der Waals surface area contributed by atoms with E-state index in [4.69, 9.17) is 15.9 Å². The summed E-state index contributed by atoms with van der Waals surface area (Å²) in [4.78, 5) is 30.4. The van der Waals surface area contributed by atoms with Crippen molar-refractivity contribution in [2.24, 2.45) is 5.73 Å². The fraction of sp³-hybridized carbons (Fsp3) is 0.357. The van der Waals surface area contributed by atoms with Gasteiger partial charge in [0.15, 0.2) is 0 Å². The molecule has 1 aromatic carbocycles. The number of hydrogen-bond acceptors (Lipinski definition) is 4. The number of amides is 1. The summed E-state index contributed by atoms with van der Waals surface area (Å²) < 4.78 is 0. The molecule has 116 valence electrons. The van der Waals surface area contributed by atoms with Crippen LogP contribution in [0.3, 0.4) is 0 Å². The van der Waals surface area contributed by atoms with Crippen molar-refractivity contribution in [1.29, 1.82) is 0 Å². The molecule has 0 aliphatic carbocycles. The van der Waals surface area contributed by atoms with Crippen LogP contribution in [-0.4, -0.2) is 41.1 Å². The molecule has 0 bridgehead atoms. The monoisotopic (exact) mass is 296 g/mol. The van der Waals surface area contributed by atoms with Crippen molar-refractivity contribution in [1.82, 2.24) is 5.32 Å². The lowest BCUT2D eigenvalue weighted by atomic mass is 9.98. The molecule has 7 heteroatoms. The van der Waals surface area contributed by atoms with Gasteiger partial charge in [0, 0.05) is 0 Å². The summed E-state index contributed by atoms with van der Waals surface area (Å²) in [6.45, 7) is 1.38. The van der Waals surface area contributed by atoms with Crippen LogP contribution in [-0.2, 0) is 14.4 Å². The third-order valence-electron chi connectivity index (χ3n) is 2.47. The number of carbonyl (C=O) groups is 3. The van der Waals surface area contributed by atoms with E-state index in [1.807, 2.05) is 37.3 Å². The predicted molar refractivity (Wildman–Crippen MR) is 76.8 cm³/mol. The molecule has 0 aromatic heterocycles. The topological polar surface area (TPSA) is 130 Å². The Morgan fingerprint density at radius 3 is 2.14 bits per heavy atom. The second-order valence-electron chi connectivity index (χ2n) is 4.28. The summed E-state index contributed by atoms with van der Waals surface area (Å²) in [5.74, 6) is -2.18. The molecule has 5 N–H and O–H groups in total. The zero-order valence-electron chi connectivity index (χ0n) is 11.8. The van der Waals surface area contributed by atoms with Crippen LogP contribution in [0.15, 0.2) is 30.3 Å². The van der Waals surface area contributed by atoms with Gasteiger partial charge in [-0.1, -0.05) is 37.3 Å². The zero-order valence-corrected chi connectivity index (χ0v) is 11.8. The van der Waals surface area contributed by atoms with Crippen LogP contribution >= 0.6 is 0 Å². The average molecular weight is 296 g/mol. The van der Waals surface area contributed by atoms with E-state index < -0.39 is 17.8 Å². The summed E-state index contributed by atoms with van der Waals surface area (Å²) >= 11 is 0. The van der Waals surface area contributed by atoms with Gasteiger partial charge in [0.25, 0.3) is 0 Å². The van der Waals surface area contributed by atoms with Crippen LogP contribution in [0, 0.1) is 0 Å². The van der Waals surface area contributed by atoms with E-state index in [0.29, 0.717) is 0 Å². The minimum atomic E-state index is -1.07. The van der Waals surface area contributed by atoms with Crippen molar-refractivity contribution >= 4 is 17.8 Å². The molecule has 1 amide bonds. The number of nitrogens with one attached hydrogen (secondary N) is 1. The normalized spacial score (nSPS) is 10.8. The summed E-state index contributed by atoms with van der Waals surface area (Å²) in [5, 5.41) is 18.6. The third kappa shape index (κ3) is 10.1. The van der Waals surface area contributed by atoms with Crippen molar-refractivity contribution in [2.75, 3.05) is 13.1 Å². The number of nitrogens with two attached hydrogens (primary N) is 1. The largest absolute Gasteiger partial charge is 0.481 e. The van der Waals surface area contributed by atoms with E-state index in [1.165, 1.54) is 0 Å². The van der Waals surface area contributed by atoms with E-state index in [9.17, 15) is 14.4 Å². The Bertz CT molecular complexity index is 462. The summed E-state index contributed by atoms with van der Waals surface area (Å²) in [7, 11) is 0. The van der Waals surface area contributed by atoms with Gasteiger partial charge >= 0.3 is 11.9 Å². The van der Waals surface area contributed by atoms with Gasteiger partial charge in [-0.25, -0.2) is 0 Å². The molecule has 0 saturated carbocycles. The van der Waals surface area contributed by atoms with Crippen molar-refractivity contribution in [3.63, 3.8) is 0 Å². The van der Waals surface area contributed by atoms with Gasteiger partial charge in [-0.2, -0.15) is 0 Å². The standard InChI is InChI=1S/C10H12O2.C4H8N2O3/c1-8(7-10(11)12)9-5-3-2-4-6-9;5-1-3(7)6-2-4(8)9/h2-6,8H,7H2,1H3,(H,11,12);1-2,5H2,(H,6,7)(H,8,9). The fourth-order valence-electron chi connectivity index (χ4n) is 1.41. The fourth-order valence-corrected chi connectivity index (χ4v) is 1.41. The number of aliphatic carboxylic acids is 2. The number of carboxylic acid groups (broad SMARTS) is 2. The number of benzene rings is 1. The van der Waals surface area contributed by atoms with Crippen molar-refractivity contribution in [3.05, 3.63) is 35.9 Å². The first kappa shape index (κ1) is 18.6. The Morgan fingerprint density at radius 1 is 1.14 bits per heavy atom.